The van der Waals surface area contributed by atoms with Crippen molar-refractivity contribution in [2.45, 2.75) is 19.5 Å². The van der Waals surface area contributed by atoms with Crippen LogP contribution in [-0.2, 0) is 17.9 Å². The second-order valence-electron chi connectivity index (χ2n) is 6.50. The SMILES string of the molecule is COc1ccc(CN2CCN(C(=O)c3ccnn3CCC(=O)O)CC2)cc1. The Morgan fingerprint density at radius 3 is 2.44 bits per heavy atom. The molecule has 1 aliphatic rings. The van der Waals surface area contributed by atoms with Crippen LogP contribution in [0.4, 0.5) is 0 Å². The highest BCUT2D eigenvalue weighted by Crippen LogP contribution is 2.15. The Morgan fingerprint density at radius 2 is 1.81 bits per heavy atom. The molecule has 3 rings (SSSR count). The lowest BCUT2D eigenvalue weighted by molar-refractivity contribution is -0.137. The van der Waals surface area contributed by atoms with Crippen LogP contribution in [0.5, 0.6) is 5.75 Å². The van der Waals surface area contributed by atoms with Crippen LogP contribution in [0.15, 0.2) is 36.5 Å². The Balaban J connectivity index is 1.53. The molecule has 1 aromatic heterocycles. The molecule has 0 radical (unpaired) electrons. The predicted molar refractivity (Wildman–Crippen MR) is 98.7 cm³/mol. The molecule has 8 heteroatoms. The van der Waals surface area contributed by atoms with Crippen molar-refractivity contribution >= 4 is 11.9 Å². The number of carboxylic acid groups (broad SMARTS) is 1. The Labute approximate surface area is 157 Å². The number of aryl methyl sites for hydroxylation is 1. The van der Waals surface area contributed by atoms with Gasteiger partial charge in [0, 0.05) is 38.9 Å². The van der Waals surface area contributed by atoms with Gasteiger partial charge in [0.25, 0.3) is 5.91 Å². The number of carbonyl (C=O) groups is 2. The van der Waals surface area contributed by atoms with Gasteiger partial charge in [0.1, 0.15) is 11.4 Å². The zero-order chi connectivity index (χ0) is 19.2. The lowest BCUT2D eigenvalue weighted by Crippen LogP contribution is -2.48. The van der Waals surface area contributed by atoms with E-state index in [1.165, 1.54) is 16.4 Å². The molecule has 27 heavy (non-hydrogen) atoms. The fourth-order valence-electron chi connectivity index (χ4n) is 3.15. The number of carbonyl (C=O) groups excluding carboxylic acids is 1. The number of hydrogen-bond acceptors (Lipinski definition) is 5. The van der Waals surface area contributed by atoms with E-state index in [1.54, 1.807) is 18.1 Å². The van der Waals surface area contributed by atoms with Gasteiger partial charge in [-0.05, 0) is 23.8 Å². The molecule has 1 aliphatic heterocycles. The van der Waals surface area contributed by atoms with Crippen LogP contribution in [0.2, 0.25) is 0 Å². The van der Waals surface area contributed by atoms with E-state index in [0.717, 1.165) is 25.4 Å². The van der Waals surface area contributed by atoms with Gasteiger partial charge >= 0.3 is 5.97 Å². The molecule has 0 unspecified atom stereocenters. The Kier molecular flexibility index (Phi) is 6.08. The summed E-state index contributed by atoms with van der Waals surface area (Å²) in [5, 5.41) is 12.9. The maximum Gasteiger partial charge on any atom is 0.305 e. The lowest BCUT2D eigenvalue weighted by Gasteiger charge is -2.34. The van der Waals surface area contributed by atoms with E-state index in [9.17, 15) is 9.59 Å². The number of hydrogen-bond donors (Lipinski definition) is 1. The van der Waals surface area contributed by atoms with Crippen molar-refractivity contribution in [1.29, 1.82) is 0 Å². The van der Waals surface area contributed by atoms with Crippen LogP contribution < -0.4 is 4.74 Å². The Morgan fingerprint density at radius 1 is 1.11 bits per heavy atom. The molecule has 0 bridgehead atoms. The third-order valence-electron chi connectivity index (χ3n) is 4.70. The minimum absolute atomic E-state index is 0.0579. The van der Waals surface area contributed by atoms with E-state index in [4.69, 9.17) is 9.84 Å². The van der Waals surface area contributed by atoms with Crippen molar-refractivity contribution in [1.82, 2.24) is 19.6 Å². The predicted octanol–water partition coefficient (Wildman–Crippen LogP) is 1.32. The van der Waals surface area contributed by atoms with Gasteiger partial charge in [-0.1, -0.05) is 12.1 Å². The fraction of sp³-hybridized carbons (Fsp3) is 0.421. The molecule has 144 valence electrons. The highest BCUT2D eigenvalue weighted by Gasteiger charge is 2.24. The zero-order valence-corrected chi connectivity index (χ0v) is 15.4. The molecule has 1 aromatic carbocycles. The highest BCUT2D eigenvalue weighted by atomic mass is 16.5. The number of aliphatic carboxylic acids is 1. The van der Waals surface area contributed by atoms with Crippen molar-refractivity contribution in [3.8, 4) is 5.75 Å². The standard InChI is InChI=1S/C19H24N4O4/c1-27-16-4-2-15(3-5-16)14-21-10-12-22(13-11-21)19(26)17-6-8-20-23(17)9-7-18(24)25/h2-6,8H,7,9-14H2,1H3,(H,24,25). The number of amides is 1. The van der Waals surface area contributed by atoms with E-state index in [2.05, 4.69) is 22.1 Å². The third kappa shape index (κ3) is 4.85. The largest absolute Gasteiger partial charge is 0.497 e. The molecular formula is C19H24N4O4. The molecule has 0 aliphatic carbocycles. The van der Waals surface area contributed by atoms with Gasteiger partial charge in [-0.2, -0.15) is 5.10 Å². The lowest BCUT2D eigenvalue weighted by atomic mass is 10.2. The Hall–Kier alpha value is -2.87. The van der Waals surface area contributed by atoms with Crippen molar-refractivity contribution in [2.24, 2.45) is 0 Å². The van der Waals surface area contributed by atoms with Gasteiger partial charge in [0.15, 0.2) is 0 Å². The monoisotopic (exact) mass is 372 g/mol. The third-order valence-corrected chi connectivity index (χ3v) is 4.70. The van der Waals surface area contributed by atoms with Crippen LogP contribution in [0.1, 0.15) is 22.5 Å². The number of carboxylic acids is 1. The summed E-state index contributed by atoms with van der Waals surface area (Å²) < 4.78 is 6.65. The van der Waals surface area contributed by atoms with Gasteiger partial charge < -0.3 is 14.7 Å². The zero-order valence-electron chi connectivity index (χ0n) is 15.4. The van der Waals surface area contributed by atoms with Gasteiger partial charge in [-0.25, -0.2) is 0 Å². The van der Waals surface area contributed by atoms with Crippen LogP contribution in [0.3, 0.4) is 0 Å². The number of ether oxygens (including phenoxy) is 1. The minimum atomic E-state index is -0.906. The second kappa shape index (κ2) is 8.68. The quantitative estimate of drug-likeness (QED) is 0.789. The van der Waals surface area contributed by atoms with Crippen molar-refractivity contribution in [3.63, 3.8) is 0 Å². The topological polar surface area (TPSA) is 87.9 Å². The number of piperazine rings is 1. The summed E-state index contributed by atoms with van der Waals surface area (Å²) >= 11 is 0. The molecule has 2 heterocycles. The molecule has 8 nitrogen and oxygen atoms in total. The summed E-state index contributed by atoms with van der Waals surface area (Å²) in [6, 6.07) is 9.66. The number of methoxy groups -OCH3 is 1. The molecule has 1 N–H and O–H groups in total. The van der Waals surface area contributed by atoms with Crippen molar-refractivity contribution < 1.29 is 19.4 Å². The first-order chi connectivity index (χ1) is 13.1. The summed E-state index contributed by atoms with van der Waals surface area (Å²) in [6.45, 7) is 3.89. The maximum atomic E-state index is 12.7. The molecule has 1 amide bonds. The molecule has 0 saturated carbocycles. The number of benzene rings is 1. The summed E-state index contributed by atoms with van der Waals surface area (Å²) in [6.07, 6.45) is 1.48. The summed E-state index contributed by atoms with van der Waals surface area (Å²) in [5.41, 5.74) is 1.65. The van der Waals surface area contributed by atoms with E-state index in [-0.39, 0.29) is 18.9 Å². The van der Waals surface area contributed by atoms with E-state index < -0.39 is 5.97 Å². The number of nitrogens with zero attached hydrogens (tertiary/aromatic N) is 4. The van der Waals surface area contributed by atoms with Gasteiger partial charge in [-0.15, -0.1) is 0 Å². The molecule has 2 aromatic rings. The first kappa shape index (κ1) is 18.9. The van der Waals surface area contributed by atoms with E-state index >= 15 is 0 Å². The van der Waals surface area contributed by atoms with Crippen molar-refractivity contribution in [2.75, 3.05) is 33.3 Å². The van der Waals surface area contributed by atoms with Crippen molar-refractivity contribution in [3.05, 3.63) is 47.8 Å². The summed E-state index contributed by atoms with van der Waals surface area (Å²) in [4.78, 5) is 27.6. The average Bonchev–Trinajstić information content (AvgIpc) is 3.15. The summed E-state index contributed by atoms with van der Waals surface area (Å²) in [7, 11) is 1.65. The fourth-order valence-corrected chi connectivity index (χ4v) is 3.15. The van der Waals surface area contributed by atoms with Gasteiger partial charge in [0.05, 0.1) is 20.1 Å². The number of rotatable bonds is 7. The molecule has 1 fully saturated rings. The first-order valence-corrected chi connectivity index (χ1v) is 8.95. The smallest absolute Gasteiger partial charge is 0.305 e. The van der Waals surface area contributed by atoms with Crippen LogP contribution >= 0.6 is 0 Å². The second-order valence-corrected chi connectivity index (χ2v) is 6.50. The average molecular weight is 372 g/mol. The molecule has 1 saturated heterocycles. The molecule has 0 atom stereocenters. The molecule has 0 spiro atoms. The van der Waals surface area contributed by atoms with Crippen LogP contribution in [0.25, 0.3) is 0 Å². The maximum absolute atomic E-state index is 12.7. The van der Waals surface area contributed by atoms with E-state index in [0.29, 0.717) is 18.8 Å². The normalized spacial score (nSPS) is 14.9. The van der Waals surface area contributed by atoms with E-state index in [1.807, 2.05) is 12.1 Å². The first-order valence-electron chi connectivity index (χ1n) is 8.95. The summed E-state index contributed by atoms with van der Waals surface area (Å²) in [5.74, 6) is -0.160. The number of aromatic nitrogens is 2. The Bertz CT molecular complexity index is 779. The molecular weight excluding hydrogens is 348 g/mol. The minimum Gasteiger partial charge on any atom is -0.497 e. The van der Waals surface area contributed by atoms with Crippen LogP contribution in [0, 0.1) is 0 Å². The van der Waals surface area contributed by atoms with Gasteiger partial charge in [0.2, 0.25) is 0 Å². The van der Waals surface area contributed by atoms with Crippen LogP contribution in [-0.4, -0.2) is 69.9 Å². The van der Waals surface area contributed by atoms with Gasteiger partial charge in [-0.3, -0.25) is 19.2 Å². The highest BCUT2D eigenvalue weighted by molar-refractivity contribution is 5.92.